The van der Waals surface area contributed by atoms with Crippen LogP contribution in [0.5, 0.6) is 0 Å². The third-order valence-electron chi connectivity index (χ3n) is 3.99. The van der Waals surface area contributed by atoms with E-state index in [-0.39, 0.29) is 0 Å². The molecule has 5 nitrogen and oxygen atoms in total. The molecule has 1 fully saturated rings. The van der Waals surface area contributed by atoms with Gasteiger partial charge >= 0.3 is 0 Å². The van der Waals surface area contributed by atoms with Crippen LogP contribution in [0.15, 0.2) is 45.7 Å². The second-order valence-electron chi connectivity index (χ2n) is 5.41. The molecule has 6 heteroatoms. The monoisotopic (exact) mass is 312 g/mol. The van der Waals surface area contributed by atoms with Gasteiger partial charge in [-0.3, -0.25) is 9.88 Å². The molecule has 3 aromatic heterocycles. The molecule has 0 bridgehead atoms. The largest absolute Gasteiger partial charge is 0.337 e. The van der Waals surface area contributed by atoms with Gasteiger partial charge in [-0.25, -0.2) is 0 Å². The topological polar surface area (TPSA) is 55.1 Å². The molecule has 4 rings (SSSR count). The number of hydrogen-bond acceptors (Lipinski definition) is 6. The summed E-state index contributed by atoms with van der Waals surface area (Å²) < 4.78 is 5.41. The molecule has 0 aliphatic carbocycles. The molecule has 4 heterocycles. The highest BCUT2D eigenvalue weighted by molar-refractivity contribution is 7.07. The molecule has 1 saturated heterocycles. The summed E-state index contributed by atoms with van der Waals surface area (Å²) in [6, 6.07) is 8.36. The van der Waals surface area contributed by atoms with Crippen molar-refractivity contribution in [3.05, 3.63) is 52.7 Å². The predicted molar refractivity (Wildman–Crippen MR) is 84.2 cm³/mol. The number of hydrogen-bond donors (Lipinski definition) is 0. The number of thiophene rings is 1. The van der Waals surface area contributed by atoms with Gasteiger partial charge in [0.05, 0.1) is 6.54 Å². The summed E-state index contributed by atoms with van der Waals surface area (Å²) in [4.78, 5) is 11.1. The van der Waals surface area contributed by atoms with Crippen molar-refractivity contribution in [2.24, 2.45) is 0 Å². The fourth-order valence-electron chi connectivity index (χ4n) is 2.95. The summed E-state index contributed by atoms with van der Waals surface area (Å²) in [6.45, 7) is 1.77. The molecular weight excluding hydrogens is 296 g/mol. The van der Waals surface area contributed by atoms with Crippen molar-refractivity contribution in [2.45, 2.75) is 25.4 Å². The lowest BCUT2D eigenvalue weighted by Gasteiger charge is -2.21. The van der Waals surface area contributed by atoms with Crippen LogP contribution in [0.25, 0.3) is 11.5 Å². The van der Waals surface area contributed by atoms with Crippen molar-refractivity contribution < 1.29 is 4.52 Å². The van der Waals surface area contributed by atoms with Gasteiger partial charge in [0.15, 0.2) is 0 Å². The lowest BCUT2D eigenvalue weighted by molar-refractivity contribution is 0.213. The van der Waals surface area contributed by atoms with Crippen molar-refractivity contribution in [3.8, 4) is 11.5 Å². The van der Waals surface area contributed by atoms with E-state index in [1.807, 2.05) is 18.2 Å². The fourth-order valence-corrected chi connectivity index (χ4v) is 3.66. The Morgan fingerprint density at radius 3 is 3.14 bits per heavy atom. The average molecular weight is 312 g/mol. The molecule has 1 unspecified atom stereocenters. The van der Waals surface area contributed by atoms with Gasteiger partial charge in [-0.1, -0.05) is 11.2 Å². The molecule has 0 N–H and O–H groups in total. The van der Waals surface area contributed by atoms with Crippen LogP contribution in [0.1, 0.15) is 30.3 Å². The minimum absolute atomic E-state index is 0.469. The van der Waals surface area contributed by atoms with Gasteiger partial charge in [0.2, 0.25) is 11.7 Å². The summed E-state index contributed by atoms with van der Waals surface area (Å²) in [6.07, 6.45) is 4.14. The lowest BCUT2D eigenvalue weighted by atomic mass is 10.1. The molecule has 112 valence electrons. The Morgan fingerprint density at radius 2 is 2.32 bits per heavy atom. The number of likely N-dealkylation sites (tertiary alicyclic amines) is 1. The zero-order valence-corrected chi connectivity index (χ0v) is 12.9. The van der Waals surface area contributed by atoms with Crippen LogP contribution in [-0.2, 0) is 6.54 Å². The van der Waals surface area contributed by atoms with Crippen molar-refractivity contribution >= 4 is 11.3 Å². The number of pyridine rings is 1. The highest BCUT2D eigenvalue weighted by Crippen LogP contribution is 2.34. The smallest absolute Gasteiger partial charge is 0.241 e. The van der Waals surface area contributed by atoms with E-state index in [0.29, 0.717) is 24.3 Å². The maximum absolute atomic E-state index is 5.41. The van der Waals surface area contributed by atoms with Gasteiger partial charge in [0.25, 0.3) is 0 Å². The number of rotatable bonds is 4. The Bertz CT molecular complexity index is 726. The van der Waals surface area contributed by atoms with E-state index >= 15 is 0 Å². The van der Waals surface area contributed by atoms with Crippen LogP contribution in [-0.4, -0.2) is 26.6 Å². The van der Waals surface area contributed by atoms with Crippen LogP contribution >= 0.6 is 11.3 Å². The second kappa shape index (κ2) is 5.98. The molecule has 1 atom stereocenters. The molecule has 1 aliphatic rings. The predicted octanol–water partition coefficient (Wildman–Crippen LogP) is 3.53. The standard InChI is InChI=1S/C16H16N4OS/c1-2-7-17-13(4-1)16-18-15(21-19-16)10-20-8-3-5-14(20)12-6-9-22-11-12/h1-2,4,6-7,9,11,14H,3,5,8,10H2. The Kier molecular flexibility index (Phi) is 3.70. The summed E-state index contributed by atoms with van der Waals surface area (Å²) in [5.74, 6) is 1.21. The van der Waals surface area contributed by atoms with Crippen LogP contribution < -0.4 is 0 Å². The van der Waals surface area contributed by atoms with Crippen LogP contribution in [0.3, 0.4) is 0 Å². The van der Waals surface area contributed by atoms with E-state index in [4.69, 9.17) is 4.52 Å². The zero-order valence-electron chi connectivity index (χ0n) is 12.1. The molecule has 1 aliphatic heterocycles. The highest BCUT2D eigenvalue weighted by Gasteiger charge is 2.27. The van der Waals surface area contributed by atoms with E-state index in [1.165, 1.54) is 18.4 Å². The molecule has 3 aromatic rings. The van der Waals surface area contributed by atoms with Gasteiger partial charge in [-0.15, -0.1) is 0 Å². The SMILES string of the molecule is c1ccc(-c2noc(CN3CCCC3c3ccsc3)n2)nc1. The maximum atomic E-state index is 5.41. The third-order valence-corrected chi connectivity index (χ3v) is 4.69. The molecule has 0 aromatic carbocycles. The van der Waals surface area contributed by atoms with Crippen molar-refractivity contribution in [2.75, 3.05) is 6.54 Å². The summed E-state index contributed by atoms with van der Waals surface area (Å²) >= 11 is 1.75. The second-order valence-corrected chi connectivity index (χ2v) is 6.19. The van der Waals surface area contributed by atoms with E-state index in [9.17, 15) is 0 Å². The number of nitrogens with zero attached hydrogens (tertiary/aromatic N) is 4. The molecule has 22 heavy (non-hydrogen) atoms. The van der Waals surface area contributed by atoms with Crippen LogP contribution in [0.4, 0.5) is 0 Å². The van der Waals surface area contributed by atoms with E-state index in [0.717, 1.165) is 12.2 Å². The van der Waals surface area contributed by atoms with Crippen molar-refractivity contribution in [1.82, 2.24) is 20.0 Å². The fraction of sp³-hybridized carbons (Fsp3) is 0.312. The third kappa shape index (κ3) is 2.67. The van der Waals surface area contributed by atoms with Gasteiger partial charge in [-0.2, -0.15) is 16.3 Å². The first-order valence-electron chi connectivity index (χ1n) is 7.40. The van der Waals surface area contributed by atoms with Crippen LogP contribution in [0.2, 0.25) is 0 Å². The van der Waals surface area contributed by atoms with E-state index < -0.39 is 0 Å². The molecular formula is C16H16N4OS. The Hall–Kier alpha value is -2.05. The lowest BCUT2D eigenvalue weighted by Crippen LogP contribution is -2.22. The Balaban J connectivity index is 1.51. The zero-order chi connectivity index (χ0) is 14.8. The highest BCUT2D eigenvalue weighted by atomic mass is 32.1. The minimum Gasteiger partial charge on any atom is -0.337 e. The van der Waals surface area contributed by atoms with E-state index in [1.54, 1.807) is 17.5 Å². The van der Waals surface area contributed by atoms with Gasteiger partial charge in [0.1, 0.15) is 5.69 Å². The Labute approximate surface area is 132 Å². The summed E-state index contributed by atoms with van der Waals surface area (Å²) in [5.41, 5.74) is 2.14. The normalized spacial score (nSPS) is 18.8. The minimum atomic E-state index is 0.469. The van der Waals surface area contributed by atoms with Gasteiger partial charge < -0.3 is 4.52 Å². The van der Waals surface area contributed by atoms with Crippen LogP contribution in [0, 0.1) is 0 Å². The van der Waals surface area contributed by atoms with E-state index in [2.05, 4.69) is 36.9 Å². The Morgan fingerprint density at radius 1 is 1.32 bits per heavy atom. The molecule has 0 amide bonds. The molecule has 0 saturated carbocycles. The average Bonchev–Trinajstić information content (AvgIpc) is 3.30. The van der Waals surface area contributed by atoms with Crippen molar-refractivity contribution in [3.63, 3.8) is 0 Å². The first-order chi connectivity index (χ1) is 10.9. The van der Waals surface area contributed by atoms with Crippen molar-refractivity contribution in [1.29, 1.82) is 0 Å². The van der Waals surface area contributed by atoms with Gasteiger partial charge in [-0.05, 0) is 53.9 Å². The molecule has 0 radical (unpaired) electrons. The first kappa shape index (κ1) is 13.6. The first-order valence-corrected chi connectivity index (χ1v) is 8.34. The van der Waals surface area contributed by atoms with Gasteiger partial charge in [0, 0.05) is 12.2 Å². The summed E-state index contributed by atoms with van der Waals surface area (Å²) in [7, 11) is 0. The number of aromatic nitrogens is 3. The molecule has 0 spiro atoms. The maximum Gasteiger partial charge on any atom is 0.241 e. The quantitative estimate of drug-likeness (QED) is 0.737. The summed E-state index contributed by atoms with van der Waals surface area (Å²) in [5, 5.41) is 8.41.